The number of H-pyrrole nitrogens is 2. The molecular formula is C36H46N2O18. The molecular weight excluding hydrogens is 748 g/mol. The molecule has 0 saturated carbocycles. The summed E-state index contributed by atoms with van der Waals surface area (Å²) >= 11 is 0. The predicted octanol–water partition coefficient (Wildman–Crippen LogP) is 1.30. The van der Waals surface area contributed by atoms with E-state index in [1.807, 2.05) is 0 Å². The van der Waals surface area contributed by atoms with Gasteiger partial charge in [-0.15, -0.1) is 0 Å². The van der Waals surface area contributed by atoms with Crippen LogP contribution in [0.2, 0.25) is 0 Å². The number of aromatic nitrogens is 2. The molecule has 1 saturated heterocycles. The van der Waals surface area contributed by atoms with Crippen molar-refractivity contribution in [2.24, 2.45) is 0 Å². The van der Waals surface area contributed by atoms with E-state index in [9.17, 15) is 38.4 Å². The molecule has 308 valence electrons. The molecule has 0 unspecified atom stereocenters. The minimum atomic E-state index is -1.94. The molecule has 2 aromatic heterocycles. The fourth-order valence-corrected chi connectivity index (χ4v) is 6.06. The zero-order valence-corrected chi connectivity index (χ0v) is 32.0. The fraction of sp³-hybridized carbons (Fsp3) is 0.556. The van der Waals surface area contributed by atoms with E-state index in [0.717, 1.165) is 55.4 Å². The maximum atomic E-state index is 13.0. The number of aromatic amines is 2. The van der Waals surface area contributed by atoms with Gasteiger partial charge in [0.2, 0.25) is 0 Å². The average Bonchev–Trinajstić information content (AvgIpc) is 3.81. The molecule has 0 aromatic carbocycles. The SMILES string of the molecule is CC(=O)OC[C@H]1O[C@@H](O[C@@H]([C@H](OC(C)=O)[C@@H](OC(C)=O)C(c2ccc[nH]2)c2ccc[nH]2)[C@@H](COC(C)=O)OC(C)=O)[C@H](OC(C)=O)[C@@H](OC(C)=O)[C@H]1OC(C)=O. The van der Waals surface area contributed by atoms with E-state index < -0.39 is 122 Å². The highest BCUT2D eigenvalue weighted by molar-refractivity contribution is 5.70. The molecule has 20 heteroatoms. The van der Waals surface area contributed by atoms with E-state index in [2.05, 4.69) is 9.97 Å². The second-order valence-electron chi connectivity index (χ2n) is 12.5. The van der Waals surface area contributed by atoms with Gasteiger partial charge in [-0.05, 0) is 24.3 Å². The number of nitrogens with one attached hydrogen (secondary N) is 2. The molecule has 20 nitrogen and oxygen atoms in total. The van der Waals surface area contributed by atoms with Gasteiger partial charge in [0, 0.05) is 79.2 Å². The largest absolute Gasteiger partial charge is 0.463 e. The van der Waals surface area contributed by atoms with Gasteiger partial charge < -0.3 is 57.3 Å². The lowest BCUT2D eigenvalue weighted by atomic mass is 9.87. The molecule has 1 fully saturated rings. The van der Waals surface area contributed by atoms with Gasteiger partial charge in [0.05, 0.1) is 5.92 Å². The summed E-state index contributed by atoms with van der Waals surface area (Å²) in [5.41, 5.74) is 0.872. The summed E-state index contributed by atoms with van der Waals surface area (Å²) in [6.45, 7) is 6.99. The molecule has 0 amide bonds. The van der Waals surface area contributed by atoms with Crippen LogP contribution in [0.5, 0.6) is 0 Å². The molecule has 2 N–H and O–H groups in total. The van der Waals surface area contributed by atoms with Gasteiger partial charge in [-0.3, -0.25) is 38.4 Å². The van der Waals surface area contributed by atoms with Gasteiger partial charge in [-0.1, -0.05) is 0 Å². The molecule has 1 aliphatic rings. The first-order valence-corrected chi connectivity index (χ1v) is 17.2. The number of hydrogen-bond donors (Lipinski definition) is 2. The number of ether oxygens (including phenoxy) is 10. The summed E-state index contributed by atoms with van der Waals surface area (Å²) in [4.78, 5) is 106. The molecule has 0 aliphatic carbocycles. The van der Waals surface area contributed by atoms with Crippen molar-refractivity contribution in [1.29, 1.82) is 0 Å². The van der Waals surface area contributed by atoms with Crippen LogP contribution in [0.4, 0.5) is 0 Å². The zero-order valence-electron chi connectivity index (χ0n) is 32.0. The summed E-state index contributed by atoms with van der Waals surface area (Å²) < 4.78 is 56.9. The fourth-order valence-electron chi connectivity index (χ4n) is 6.06. The molecule has 9 atom stereocenters. The van der Waals surface area contributed by atoms with E-state index in [4.69, 9.17) is 47.4 Å². The Kier molecular flexibility index (Phi) is 16.6. The summed E-state index contributed by atoms with van der Waals surface area (Å²) in [6, 6.07) is 6.63. The summed E-state index contributed by atoms with van der Waals surface area (Å²) in [6.07, 6.45) is -12.3. The van der Waals surface area contributed by atoms with Gasteiger partial charge in [-0.25, -0.2) is 0 Å². The van der Waals surface area contributed by atoms with Gasteiger partial charge in [0.1, 0.15) is 25.4 Å². The van der Waals surface area contributed by atoms with E-state index in [-0.39, 0.29) is 0 Å². The Morgan fingerprint density at radius 2 is 1.05 bits per heavy atom. The van der Waals surface area contributed by atoms with Crippen LogP contribution < -0.4 is 0 Å². The van der Waals surface area contributed by atoms with Gasteiger partial charge >= 0.3 is 47.8 Å². The monoisotopic (exact) mass is 794 g/mol. The maximum Gasteiger partial charge on any atom is 0.303 e. The van der Waals surface area contributed by atoms with Crippen molar-refractivity contribution in [3.8, 4) is 0 Å². The van der Waals surface area contributed by atoms with Crippen molar-refractivity contribution in [1.82, 2.24) is 9.97 Å². The summed E-state index contributed by atoms with van der Waals surface area (Å²) in [7, 11) is 0. The Balaban J connectivity index is 2.37. The van der Waals surface area contributed by atoms with Crippen LogP contribution in [-0.4, -0.2) is 126 Å². The molecule has 1 aliphatic heterocycles. The number of hydrogen-bond acceptors (Lipinski definition) is 18. The number of esters is 8. The van der Waals surface area contributed by atoms with Crippen molar-refractivity contribution in [2.75, 3.05) is 13.2 Å². The van der Waals surface area contributed by atoms with Crippen LogP contribution in [0.25, 0.3) is 0 Å². The zero-order chi connectivity index (χ0) is 41.7. The lowest BCUT2D eigenvalue weighted by molar-refractivity contribution is -0.331. The Hall–Kier alpha value is -5.76. The highest BCUT2D eigenvalue weighted by atomic mass is 16.8. The van der Waals surface area contributed by atoms with Crippen LogP contribution in [0.1, 0.15) is 72.7 Å². The Morgan fingerprint density at radius 3 is 1.50 bits per heavy atom. The third-order valence-electron chi connectivity index (χ3n) is 7.87. The van der Waals surface area contributed by atoms with Crippen LogP contribution >= 0.6 is 0 Å². The van der Waals surface area contributed by atoms with Crippen LogP contribution in [0, 0.1) is 0 Å². The van der Waals surface area contributed by atoms with Crippen molar-refractivity contribution < 1.29 is 85.7 Å². The minimum Gasteiger partial charge on any atom is -0.463 e. The topological polar surface area (TPSA) is 260 Å². The Bertz CT molecular complexity index is 1640. The smallest absolute Gasteiger partial charge is 0.303 e. The molecule has 56 heavy (non-hydrogen) atoms. The molecule has 3 heterocycles. The summed E-state index contributed by atoms with van der Waals surface area (Å²) in [5.74, 6) is -8.15. The second-order valence-corrected chi connectivity index (χ2v) is 12.5. The third-order valence-corrected chi connectivity index (χ3v) is 7.87. The standard InChI is InChI=1S/C36H46N2O18/c1-17(39)47-15-27(49-19(3)41)31(33(52-22(6)44)32(51-21(5)43)29(25-11-9-13-37-25)26-12-10-14-38-26)56-36-35(54-24(8)46)34(53-23(7)45)30(50-20(4)42)28(55-36)16-48-18(2)40/h9-14,27-38H,15-16H2,1-8H3/t27-,28-,30+,31-,32+,33+,34+,35-,36+/m1/s1. The molecule has 0 bridgehead atoms. The van der Waals surface area contributed by atoms with Crippen molar-refractivity contribution in [3.63, 3.8) is 0 Å². The van der Waals surface area contributed by atoms with E-state index in [1.165, 1.54) is 0 Å². The first-order valence-electron chi connectivity index (χ1n) is 17.2. The van der Waals surface area contributed by atoms with E-state index >= 15 is 0 Å². The second kappa shape index (κ2) is 20.8. The van der Waals surface area contributed by atoms with Gasteiger partial charge in [0.15, 0.2) is 42.9 Å². The summed E-state index contributed by atoms with van der Waals surface area (Å²) in [5, 5.41) is 0. The normalized spacial score (nSPS) is 21.3. The number of carbonyl (C=O) groups excluding carboxylic acids is 8. The quantitative estimate of drug-likeness (QED) is 0.159. The Morgan fingerprint density at radius 1 is 0.571 bits per heavy atom. The van der Waals surface area contributed by atoms with Gasteiger partial charge in [-0.2, -0.15) is 0 Å². The van der Waals surface area contributed by atoms with Crippen LogP contribution in [0.15, 0.2) is 36.7 Å². The Labute approximate surface area is 321 Å². The highest BCUT2D eigenvalue weighted by Gasteiger charge is 2.56. The first kappa shape index (κ1) is 44.6. The van der Waals surface area contributed by atoms with Gasteiger partial charge in [0.25, 0.3) is 0 Å². The molecule has 0 radical (unpaired) electrons. The van der Waals surface area contributed by atoms with Crippen molar-refractivity contribution >= 4 is 47.8 Å². The third kappa shape index (κ3) is 13.2. The van der Waals surface area contributed by atoms with Crippen LogP contribution in [-0.2, 0) is 85.7 Å². The predicted molar refractivity (Wildman–Crippen MR) is 184 cm³/mol. The van der Waals surface area contributed by atoms with Crippen molar-refractivity contribution in [3.05, 3.63) is 48.0 Å². The highest BCUT2D eigenvalue weighted by Crippen LogP contribution is 2.37. The lowest BCUT2D eigenvalue weighted by Crippen LogP contribution is -2.65. The number of carbonyl (C=O) groups is 8. The average molecular weight is 795 g/mol. The first-order chi connectivity index (χ1) is 26.4. The van der Waals surface area contributed by atoms with Crippen LogP contribution in [0.3, 0.4) is 0 Å². The van der Waals surface area contributed by atoms with E-state index in [1.54, 1.807) is 36.7 Å². The van der Waals surface area contributed by atoms with Crippen molar-refractivity contribution in [2.45, 2.75) is 116 Å². The molecule has 2 aromatic rings. The lowest BCUT2D eigenvalue weighted by Gasteiger charge is -2.46. The maximum absolute atomic E-state index is 13.0. The molecule has 0 spiro atoms. The molecule has 3 rings (SSSR count). The number of rotatable bonds is 18. The van der Waals surface area contributed by atoms with E-state index in [0.29, 0.717) is 11.4 Å². The minimum absolute atomic E-state index is 0.436.